The molecule has 2 aromatic carbocycles. The van der Waals surface area contributed by atoms with Crippen LogP contribution >= 0.6 is 0 Å². The molecule has 0 radical (unpaired) electrons. The molecule has 0 heterocycles. The van der Waals surface area contributed by atoms with E-state index >= 15 is 0 Å². The summed E-state index contributed by atoms with van der Waals surface area (Å²) in [5.74, 6) is 0.380. The monoisotopic (exact) mass is 254 g/mol. The number of aryl methyl sites for hydroxylation is 1. The highest BCUT2D eigenvalue weighted by Crippen LogP contribution is 2.25. The molecule has 0 aliphatic heterocycles. The molecule has 0 spiro atoms. The van der Waals surface area contributed by atoms with Gasteiger partial charge in [-0.05, 0) is 35.1 Å². The molecular weight excluding hydrogens is 232 g/mol. The van der Waals surface area contributed by atoms with Crippen molar-refractivity contribution in [2.75, 3.05) is 0 Å². The normalized spacial score (nSPS) is 11.6. The molecule has 0 aliphatic rings. The zero-order chi connectivity index (χ0) is 14.0. The van der Waals surface area contributed by atoms with Crippen molar-refractivity contribution in [2.45, 2.75) is 39.5 Å². The van der Waals surface area contributed by atoms with Gasteiger partial charge < -0.3 is 5.11 Å². The van der Waals surface area contributed by atoms with Crippen LogP contribution in [0.15, 0.2) is 42.5 Å². The van der Waals surface area contributed by atoms with Gasteiger partial charge in [-0.15, -0.1) is 0 Å². The van der Waals surface area contributed by atoms with Gasteiger partial charge in [0.15, 0.2) is 0 Å². The van der Waals surface area contributed by atoms with Crippen molar-refractivity contribution in [2.24, 2.45) is 0 Å². The first-order valence-corrected chi connectivity index (χ1v) is 6.74. The van der Waals surface area contributed by atoms with E-state index in [0.29, 0.717) is 5.75 Å². The summed E-state index contributed by atoms with van der Waals surface area (Å²) in [5.41, 5.74) is 4.92. The van der Waals surface area contributed by atoms with Gasteiger partial charge >= 0.3 is 0 Å². The van der Waals surface area contributed by atoms with Gasteiger partial charge in [0.2, 0.25) is 0 Å². The standard InChI is InChI=1S/C18H22O/c1-13-5-10-17(19)15(11-13)12-14-6-8-16(9-7-14)18(2,3)4/h5-11,19H,12H2,1-4H3. The molecule has 0 atom stereocenters. The summed E-state index contributed by atoms with van der Waals surface area (Å²) in [5, 5.41) is 9.88. The van der Waals surface area contributed by atoms with Gasteiger partial charge in [0.05, 0.1) is 0 Å². The minimum absolute atomic E-state index is 0.185. The number of hydrogen-bond donors (Lipinski definition) is 1. The van der Waals surface area contributed by atoms with Crippen molar-refractivity contribution in [3.8, 4) is 5.75 Å². The molecule has 1 heteroatoms. The first-order chi connectivity index (χ1) is 8.86. The molecule has 1 N–H and O–H groups in total. The van der Waals surface area contributed by atoms with Crippen molar-refractivity contribution < 1.29 is 5.11 Å². The minimum Gasteiger partial charge on any atom is -0.508 e. The molecule has 0 bridgehead atoms. The van der Waals surface area contributed by atoms with Crippen LogP contribution in [-0.2, 0) is 11.8 Å². The van der Waals surface area contributed by atoms with Crippen LogP contribution in [0.25, 0.3) is 0 Å². The van der Waals surface area contributed by atoms with E-state index in [9.17, 15) is 5.11 Å². The molecule has 0 fully saturated rings. The average Bonchev–Trinajstić information content (AvgIpc) is 2.33. The molecule has 0 aliphatic carbocycles. The van der Waals surface area contributed by atoms with E-state index in [1.54, 1.807) is 6.07 Å². The summed E-state index contributed by atoms with van der Waals surface area (Å²) in [6, 6.07) is 14.4. The third kappa shape index (κ3) is 3.37. The zero-order valence-electron chi connectivity index (χ0n) is 12.2. The Kier molecular flexibility index (Phi) is 3.66. The maximum atomic E-state index is 9.88. The summed E-state index contributed by atoms with van der Waals surface area (Å²) >= 11 is 0. The summed E-state index contributed by atoms with van der Waals surface area (Å²) in [6.45, 7) is 8.70. The second-order valence-electron chi connectivity index (χ2n) is 6.26. The van der Waals surface area contributed by atoms with Crippen LogP contribution in [0.3, 0.4) is 0 Å². The van der Waals surface area contributed by atoms with Crippen LogP contribution in [0, 0.1) is 6.92 Å². The second-order valence-corrected chi connectivity index (χ2v) is 6.26. The molecule has 100 valence electrons. The number of phenolic OH excluding ortho intramolecular Hbond substituents is 1. The predicted octanol–water partition coefficient (Wildman–Crippen LogP) is 4.59. The lowest BCUT2D eigenvalue weighted by molar-refractivity contribution is 0.469. The zero-order valence-corrected chi connectivity index (χ0v) is 12.2. The van der Waals surface area contributed by atoms with E-state index in [-0.39, 0.29) is 5.41 Å². The Balaban J connectivity index is 2.22. The summed E-state index contributed by atoms with van der Waals surface area (Å²) in [6.07, 6.45) is 0.776. The molecule has 0 saturated carbocycles. The molecule has 19 heavy (non-hydrogen) atoms. The Morgan fingerprint density at radius 2 is 1.58 bits per heavy atom. The Bertz CT molecular complexity index is 559. The van der Waals surface area contributed by atoms with E-state index in [0.717, 1.165) is 12.0 Å². The van der Waals surface area contributed by atoms with Crippen molar-refractivity contribution in [3.05, 3.63) is 64.7 Å². The highest BCUT2D eigenvalue weighted by atomic mass is 16.3. The molecule has 2 aromatic rings. The maximum Gasteiger partial charge on any atom is 0.119 e. The van der Waals surface area contributed by atoms with Gasteiger partial charge in [-0.2, -0.15) is 0 Å². The number of aromatic hydroxyl groups is 1. The van der Waals surface area contributed by atoms with E-state index in [1.165, 1.54) is 16.7 Å². The van der Waals surface area contributed by atoms with Gasteiger partial charge in [-0.1, -0.05) is 62.7 Å². The fourth-order valence-electron chi connectivity index (χ4n) is 2.20. The van der Waals surface area contributed by atoms with Crippen molar-refractivity contribution in [1.82, 2.24) is 0 Å². The first-order valence-electron chi connectivity index (χ1n) is 6.74. The molecule has 2 rings (SSSR count). The van der Waals surface area contributed by atoms with Crippen molar-refractivity contribution in [3.63, 3.8) is 0 Å². The van der Waals surface area contributed by atoms with Crippen LogP contribution in [0.1, 0.15) is 43.0 Å². The molecule has 0 amide bonds. The van der Waals surface area contributed by atoms with Gasteiger partial charge in [-0.3, -0.25) is 0 Å². The highest BCUT2D eigenvalue weighted by Gasteiger charge is 2.13. The van der Waals surface area contributed by atoms with Gasteiger partial charge in [0.1, 0.15) is 5.75 Å². The fourth-order valence-corrected chi connectivity index (χ4v) is 2.20. The Labute approximate surface area is 115 Å². The van der Waals surface area contributed by atoms with Crippen molar-refractivity contribution in [1.29, 1.82) is 0 Å². The Morgan fingerprint density at radius 1 is 0.947 bits per heavy atom. The van der Waals surface area contributed by atoms with Crippen LogP contribution in [0.4, 0.5) is 0 Å². The maximum absolute atomic E-state index is 9.88. The topological polar surface area (TPSA) is 20.2 Å². The van der Waals surface area contributed by atoms with Crippen LogP contribution in [0.2, 0.25) is 0 Å². The largest absolute Gasteiger partial charge is 0.508 e. The average molecular weight is 254 g/mol. The lowest BCUT2D eigenvalue weighted by Crippen LogP contribution is -2.10. The smallest absolute Gasteiger partial charge is 0.119 e. The van der Waals surface area contributed by atoms with Crippen LogP contribution in [-0.4, -0.2) is 5.11 Å². The van der Waals surface area contributed by atoms with Crippen LogP contribution < -0.4 is 0 Å². The number of hydrogen-bond acceptors (Lipinski definition) is 1. The quantitative estimate of drug-likeness (QED) is 0.831. The predicted molar refractivity (Wildman–Crippen MR) is 80.8 cm³/mol. The van der Waals surface area contributed by atoms with E-state index in [2.05, 4.69) is 45.0 Å². The lowest BCUT2D eigenvalue weighted by atomic mass is 9.86. The Hall–Kier alpha value is -1.76. The third-order valence-corrected chi connectivity index (χ3v) is 3.45. The molecule has 0 unspecified atom stereocenters. The fraction of sp³-hybridized carbons (Fsp3) is 0.333. The molecular formula is C18H22O. The summed E-state index contributed by atoms with van der Waals surface area (Å²) < 4.78 is 0. The van der Waals surface area contributed by atoms with Gasteiger partial charge in [-0.25, -0.2) is 0 Å². The second kappa shape index (κ2) is 5.08. The van der Waals surface area contributed by atoms with Gasteiger partial charge in [0, 0.05) is 6.42 Å². The molecule has 0 aromatic heterocycles. The van der Waals surface area contributed by atoms with E-state index in [1.807, 2.05) is 19.1 Å². The SMILES string of the molecule is Cc1ccc(O)c(Cc2ccc(C(C)(C)C)cc2)c1. The molecule has 1 nitrogen and oxygen atoms in total. The minimum atomic E-state index is 0.185. The van der Waals surface area contributed by atoms with E-state index < -0.39 is 0 Å². The van der Waals surface area contributed by atoms with Crippen LogP contribution in [0.5, 0.6) is 5.75 Å². The summed E-state index contributed by atoms with van der Waals surface area (Å²) in [4.78, 5) is 0. The first kappa shape index (κ1) is 13.7. The number of phenols is 1. The summed E-state index contributed by atoms with van der Waals surface area (Å²) in [7, 11) is 0. The lowest BCUT2D eigenvalue weighted by Gasteiger charge is -2.19. The van der Waals surface area contributed by atoms with Gasteiger partial charge in [0.25, 0.3) is 0 Å². The third-order valence-electron chi connectivity index (χ3n) is 3.45. The van der Waals surface area contributed by atoms with E-state index in [4.69, 9.17) is 0 Å². The Morgan fingerprint density at radius 3 is 2.16 bits per heavy atom. The van der Waals surface area contributed by atoms with Crippen molar-refractivity contribution >= 4 is 0 Å². The number of rotatable bonds is 2. The number of benzene rings is 2. The molecule has 0 saturated heterocycles. The highest BCUT2D eigenvalue weighted by molar-refractivity contribution is 5.40.